The molecule has 2 aliphatic heterocycles. The molecule has 5 rings (SSSR count). The van der Waals surface area contributed by atoms with E-state index in [4.69, 9.17) is 0 Å². The smallest absolute Gasteiger partial charge is 0.340 e. The summed E-state index contributed by atoms with van der Waals surface area (Å²) in [6.45, 7) is 3.70. The molecule has 3 N–H and O–H groups in total. The van der Waals surface area contributed by atoms with E-state index in [1.807, 2.05) is 13.0 Å². The molecule has 0 radical (unpaired) electrons. The third kappa shape index (κ3) is 4.24. The van der Waals surface area contributed by atoms with Gasteiger partial charge in [-0.2, -0.15) is 18.4 Å². The predicted molar refractivity (Wildman–Crippen MR) is 117 cm³/mol. The van der Waals surface area contributed by atoms with Gasteiger partial charge in [-0.15, -0.1) is 0 Å². The number of fused-ring (bicyclic) bond motifs is 1. The lowest BCUT2D eigenvalue weighted by molar-refractivity contribution is -0.141. The molecule has 12 heteroatoms. The summed E-state index contributed by atoms with van der Waals surface area (Å²) in [5.41, 5.74) is 3.51. The van der Waals surface area contributed by atoms with Crippen molar-refractivity contribution in [3.63, 3.8) is 0 Å². The van der Waals surface area contributed by atoms with Crippen molar-refractivity contribution in [3.05, 3.63) is 53.4 Å². The molecule has 184 valence electrons. The van der Waals surface area contributed by atoms with Crippen LogP contribution in [0.5, 0.6) is 0 Å². The van der Waals surface area contributed by atoms with Gasteiger partial charge < -0.3 is 5.32 Å². The Morgan fingerprint density at radius 3 is 2.63 bits per heavy atom. The Balaban J connectivity index is 1.37. The first-order chi connectivity index (χ1) is 16.7. The molecular weight excluding hydrogens is 461 g/mol. The van der Waals surface area contributed by atoms with Gasteiger partial charge in [0.15, 0.2) is 0 Å². The van der Waals surface area contributed by atoms with Crippen molar-refractivity contribution in [1.82, 2.24) is 36.0 Å². The summed E-state index contributed by atoms with van der Waals surface area (Å²) in [5.74, 6) is -0.00766. The number of nitrogens with zero attached hydrogens (tertiary/aromatic N) is 5. The van der Waals surface area contributed by atoms with Gasteiger partial charge in [-0.25, -0.2) is 20.4 Å². The van der Waals surface area contributed by atoms with Crippen LogP contribution in [0, 0.1) is 30.1 Å². The van der Waals surface area contributed by atoms with Crippen LogP contribution in [-0.2, 0) is 11.0 Å². The van der Waals surface area contributed by atoms with Gasteiger partial charge in [0.05, 0.1) is 24.3 Å². The standard InChI is InChI=1S/C23H25F3N8O/c1-11-7-8-28-19(30-11)14-4-5-15(14)20-31-21-18(22(35)32-20)16(9-27)33-34(21)12(2)13-3-6-17(29-10-13)23(24,25)26/h3,6-8,10,12,14-16,18,20-21,31,33H,4-5H2,1-2H3,(H,32,35)/t12-,14-,15?,16?,18?,20?,21?/m1/s1. The lowest BCUT2D eigenvalue weighted by atomic mass is 9.70. The SMILES string of the molecule is Cc1ccnc([C@@H]2CCC2C2NC(=O)C3C(C#N)NN([C@H](C)c4ccc(C(F)(F)F)nc4)C3N2)n1. The van der Waals surface area contributed by atoms with Gasteiger partial charge in [-0.3, -0.25) is 15.1 Å². The number of nitrogens with one attached hydrogen (secondary N) is 3. The molecule has 5 unspecified atom stereocenters. The average Bonchev–Trinajstić information content (AvgIpc) is 3.17. The second kappa shape index (κ2) is 8.82. The minimum absolute atomic E-state index is 0.0766. The Kier molecular flexibility index (Phi) is 5.94. The van der Waals surface area contributed by atoms with Gasteiger partial charge in [0.1, 0.15) is 17.6 Å². The first kappa shape index (κ1) is 23.6. The minimum atomic E-state index is -4.53. The monoisotopic (exact) mass is 486 g/mol. The highest BCUT2D eigenvalue weighted by molar-refractivity contribution is 5.82. The second-order valence-corrected chi connectivity index (χ2v) is 9.32. The number of pyridine rings is 1. The molecule has 1 amide bonds. The van der Waals surface area contributed by atoms with Crippen molar-refractivity contribution in [1.29, 1.82) is 5.26 Å². The zero-order valence-corrected chi connectivity index (χ0v) is 19.1. The molecule has 9 nitrogen and oxygen atoms in total. The molecule has 1 aliphatic carbocycles. The van der Waals surface area contributed by atoms with E-state index in [1.165, 1.54) is 12.3 Å². The Hall–Kier alpha value is -3.14. The van der Waals surface area contributed by atoms with Crippen LogP contribution in [0.15, 0.2) is 30.6 Å². The average molecular weight is 487 g/mol. The number of carbonyl (C=O) groups excluding carboxylic acids is 1. The highest BCUT2D eigenvalue weighted by atomic mass is 19.4. The molecule has 35 heavy (non-hydrogen) atoms. The molecule has 1 saturated carbocycles. The van der Waals surface area contributed by atoms with Crippen molar-refractivity contribution in [2.24, 2.45) is 11.8 Å². The number of rotatable bonds is 4. The van der Waals surface area contributed by atoms with Crippen LogP contribution >= 0.6 is 0 Å². The van der Waals surface area contributed by atoms with Crippen molar-refractivity contribution < 1.29 is 18.0 Å². The molecule has 0 spiro atoms. The maximum absolute atomic E-state index is 13.1. The van der Waals surface area contributed by atoms with Crippen LogP contribution < -0.4 is 16.1 Å². The van der Waals surface area contributed by atoms with Crippen molar-refractivity contribution in [2.75, 3.05) is 0 Å². The number of nitriles is 1. The summed E-state index contributed by atoms with van der Waals surface area (Å²) in [7, 11) is 0. The zero-order valence-electron chi connectivity index (χ0n) is 19.1. The fraction of sp³-hybridized carbons (Fsp3) is 0.522. The number of hydrogen-bond donors (Lipinski definition) is 3. The van der Waals surface area contributed by atoms with Crippen molar-refractivity contribution >= 4 is 5.91 Å². The van der Waals surface area contributed by atoms with E-state index in [2.05, 4.69) is 37.1 Å². The van der Waals surface area contributed by atoms with E-state index in [9.17, 15) is 23.2 Å². The Morgan fingerprint density at radius 1 is 1.23 bits per heavy atom. The maximum atomic E-state index is 13.1. The Labute approximate surface area is 200 Å². The number of amides is 1. The number of carbonyl (C=O) groups is 1. The van der Waals surface area contributed by atoms with Crippen molar-refractivity contribution in [3.8, 4) is 6.07 Å². The van der Waals surface area contributed by atoms with Crippen LogP contribution in [0.3, 0.4) is 0 Å². The zero-order chi connectivity index (χ0) is 24.9. The normalized spacial score (nSPS) is 31.7. The fourth-order valence-corrected chi connectivity index (χ4v) is 5.20. The molecular formula is C23H25F3N8O. The maximum Gasteiger partial charge on any atom is 0.433 e. The van der Waals surface area contributed by atoms with Gasteiger partial charge >= 0.3 is 6.18 Å². The van der Waals surface area contributed by atoms with Crippen LogP contribution in [0.25, 0.3) is 0 Å². The summed E-state index contributed by atoms with van der Waals surface area (Å²) in [5, 5.41) is 17.9. The largest absolute Gasteiger partial charge is 0.433 e. The van der Waals surface area contributed by atoms with Crippen LogP contribution in [0.1, 0.15) is 54.5 Å². The lowest BCUT2D eigenvalue weighted by Crippen LogP contribution is -2.68. The number of hydrazine groups is 1. The Morgan fingerprint density at radius 2 is 2.03 bits per heavy atom. The quantitative estimate of drug-likeness (QED) is 0.602. The number of hydrogen-bond acceptors (Lipinski definition) is 8. The highest BCUT2D eigenvalue weighted by Crippen LogP contribution is 2.44. The van der Waals surface area contributed by atoms with E-state index >= 15 is 0 Å². The molecule has 3 fully saturated rings. The first-order valence-corrected chi connectivity index (χ1v) is 11.5. The third-order valence-corrected chi connectivity index (χ3v) is 7.25. The van der Waals surface area contributed by atoms with E-state index < -0.39 is 36.0 Å². The number of halogens is 3. The van der Waals surface area contributed by atoms with E-state index in [1.54, 1.807) is 18.1 Å². The van der Waals surface area contributed by atoms with Gasteiger partial charge in [0.2, 0.25) is 5.91 Å². The molecule has 2 saturated heterocycles. The van der Waals surface area contributed by atoms with Crippen LogP contribution in [0.2, 0.25) is 0 Å². The highest BCUT2D eigenvalue weighted by Gasteiger charge is 2.54. The predicted octanol–water partition coefficient (Wildman–Crippen LogP) is 2.15. The van der Waals surface area contributed by atoms with Crippen LogP contribution in [-0.4, -0.2) is 44.2 Å². The third-order valence-electron chi connectivity index (χ3n) is 7.25. The number of alkyl halides is 3. The van der Waals surface area contributed by atoms with Gasteiger partial charge in [0, 0.05) is 36.0 Å². The lowest BCUT2D eigenvalue weighted by Gasteiger charge is -2.47. The molecule has 4 heterocycles. The summed E-state index contributed by atoms with van der Waals surface area (Å²) in [6.07, 6.45) is -0.711. The summed E-state index contributed by atoms with van der Waals surface area (Å²) in [4.78, 5) is 25.7. The summed E-state index contributed by atoms with van der Waals surface area (Å²) >= 11 is 0. The number of aromatic nitrogens is 3. The number of aryl methyl sites for hydroxylation is 1. The second-order valence-electron chi connectivity index (χ2n) is 9.32. The van der Waals surface area contributed by atoms with E-state index in [0.29, 0.717) is 5.56 Å². The summed E-state index contributed by atoms with van der Waals surface area (Å²) in [6, 6.07) is 5.04. The molecule has 3 aliphatic rings. The van der Waals surface area contributed by atoms with Gasteiger partial charge in [-0.1, -0.05) is 6.07 Å². The van der Waals surface area contributed by atoms with E-state index in [0.717, 1.165) is 30.4 Å². The van der Waals surface area contributed by atoms with Gasteiger partial charge in [-0.05, 0) is 44.4 Å². The molecule has 2 aromatic heterocycles. The van der Waals surface area contributed by atoms with Crippen molar-refractivity contribution in [2.45, 2.75) is 63.2 Å². The van der Waals surface area contributed by atoms with Gasteiger partial charge in [0.25, 0.3) is 0 Å². The van der Waals surface area contributed by atoms with Crippen LogP contribution in [0.4, 0.5) is 13.2 Å². The first-order valence-electron chi connectivity index (χ1n) is 11.5. The minimum Gasteiger partial charge on any atom is -0.340 e. The topological polar surface area (TPSA) is 119 Å². The molecule has 2 aromatic rings. The molecule has 0 bridgehead atoms. The van der Waals surface area contributed by atoms with E-state index in [-0.39, 0.29) is 23.9 Å². The Bertz CT molecular complexity index is 1150. The summed E-state index contributed by atoms with van der Waals surface area (Å²) < 4.78 is 38.8. The molecule has 0 aromatic carbocycles. The molecule has 7 atom stereocenters. The fourth-order valence-electron chi connectivity index (χ4n) is 5.20.